The summed E-state index contributed by atoms with van der Waals surface area (Å²) in [7, 11) is 2.19. The SMILES string of the molecule is Cc1cccnc1CCCOc1ccc2cccc(N3CCN(C)CC3)c2c1. The number of likely N-dealkylation sites (N-methyl/N-ethyl adjacent to an activating group) is 1. The Morgan fingerprint density at radius 2 is 1.86 bits per heavy atom. The maximum atomic E-state index is 6.08. The summed E-state index contributed by atoms with van der Waals surface area (Å²) in [4.78, 5) is 9.35. The predicted molar refractivity (Wildman–Crippen MR) is 116 cm³/mol. The lowest BCUT2D eigenvalue weighted by atomic mass is 10.1. The van der Waals surface area contributed by atoms with Crippen LogP contribution in [-0.2, 0) is 6.42 Å². The number of hydrogen-bond donors (Lipinski definition) is 0. The van der Waals surface area contributed by atoms with Crippen LogP contribution in [0.5, 0.6) is 5.75 Å². The Kier molecular flexibility index (Phi) is 5.77. The zero-order valence-corrected chi connectivity index (χ0v) is 16.9. The van der Waals surface area contributed by atoms with Crippen LogP contribution >= 0.6 is 0 Å². The van der Waals surface area contributed by atoms with E-state index >= 15 is 0 Å². The normalized spacial score (nSPS) is 15.1. The van der Waals surface area contributed by atoms with E-state index in [2.05, 4.69) is 71.2 Å². The number of hydrogen-bond acceptors (Lipinski definition) is 4. The van der Waals surface area contributed by atoms with Crippen molar-refractivity contribution in [1.29, 1.82) is 0 Å². The van der Waals surface area contributed by atoms with Crippen molar-refractivity contribution in [1.82, 2.24) is 9.88 Å². The van der Waals surface area contributed by atoms with Crippen LogP contribution in [0.4, 0.5) is 5.69 Å². The lowest BCUT2D eigenvalue weighted by molar-refractivity contribution is 0.310. The van der Waals surface area contributed by atoms with E-state index in [1.54, 1.807) is 0 Å². The number of anilines is 1. The molecule has 4 rings (SSSR count). The van der Waals surface area contributed by atoms with E-state index in [9.17, 15) is 0 Å². The quantitative estimate of drug-likeness (QED) is 0.601. The van der Waals surface area contributed by atoms with Crippen LogP contribution in [0.25, 0.3) is 10.8 Å². The molecule has 1 aliphatic rings. The summed E-state index contributed by atoms with van der Waals surface area (Å²) in [6, 6.07) is 17.1. The number of ether oxygens (including phenoxy) is 1. The fourth-order valence-corrected chi connectivity index (χ4v) is 3.86. The Balaban J connectivity index is 1.43. The van der Waals surface area contributed by atoms with E-state index in [-0.39, 0.29) is 0 Å². The Hall–Kier alpha value is -2.59. The van der Waals surface area contributed by atoms with Crippen LogP contribution in [0, 0.1) is 6.92 Å². The molecule has 0 atom stereocenters. The van der Waals surface area contributed by atoms with Crippen molar-refractivity contribution in [2.75, 3.05) is 44.7 Å². The number of benzene rings is 2. The monoisotopic (exact) mass is 375 g/mol. The van der Waals surface area contributed by atoms with Gasteiger partial charge in [0.2, 0.25) is 0 Å². The van der Waals surface area contributed by atoms with Crippen molar-refractivity contribution >= 4 is 16.5 Å². The van der Waals surface area contributed by atoms with Gasteiger partial charge < -0.3 is 14.5 Å². The van der Waals surface area contributed by atoms with E-state index in [0.29, 0.717) is 6.61 Å². The number of pyridine rings is 1. The molecule has 1 saturated heterocycles. The van der Waals surface area contributed by atoms with Gasteiger partial charge in [-0.1, -0.05) is 24.3 Å². The van der Waals surface area contributed by atoms with E-state index in [4.69, 9.17) is 4.74 Å². The van der Waals surface area contributed by atoms with E-state index in [1.165, 1.54) is 27.7 Å². The standard InChI is InChI=1S/C24H29N3O/c1-19-6-4-12-25-23(19)8-5-17-28-21-11-10-20-7-3-9-24(22(20)18-21)27-15-13-26(2)14-16-27/h3-4,6-7,9-12,18H,5,8,13-17H2,1-2H3. The smallest absolute Gasteiger partial charge is 0.120 e. The molecule has 2 heterocycles. The van der Waals surface area contributed by atoms with Crippen LogP contribution in [0.3, 0.4) is 0 Å². The number of nitrogens with zero attached hydrogens (tertiary/aromatic N) is 3. The van der Waals surface area contributed by atoms with Crippen LogP contribution in [-0.4, -0.2) is 49.7 Å². The minimum atomic E-state index is 0.707. The molecule has 0 aliphatic carbocycles. The molecule has 3 aromatic rings. The molecule has 0 bridgehead atoms. The first-order chi connectivity index (χ1) is 13.7. The molecule has 0 amide bonds. The van der Waals surface area contributed by atoms with Gasteiger partial charge in [-0.2, -0.15) is 0 Å². The number of fused-ring (bicyclic) bond motifs is 1. The van der Waals surface area contributed by atoms with Gasteiger partial charge in [0.25, 0.3) is 0 Å². The van der Waals surface area contributed by atoms with Crippen molar-refractivity contribution in [3.05, 3.63) is 66.0 Å². The summed E-state index contributed by atoms with van der Waals surface area (Å²) >= 11 is 0. The van der Waals surface area contributed by atoms with Crippen molar-refractivity contribution in [3.63, 3.8) is 0 Å². The molecule has 0 N–H and O–H groups in total. The molecular formula is C24H29N3O. The van der Waals surface area contributed by atoms with E-state index in [0.717, 1.165) is 44.8 Å². The zero-order chi connectivity index (χ0) is 19.3. The Morgan fingerprint density at radius 1 is 1.00 bits per heavy atom. The molecule has 1 aliphatic heterocycles. The van der Waals surface area contributed by atoms with Crippen LogP contribution < -0.4 is 9.64 Å². The van der Waals surface area contributed by atoms with Gasteiger partial charge in [-0.3, -0.25) is 4.98 Å². The second-order valence-corrected chi connectivity index (χ2v) is 7.67. The van der Waals surface area contributed by atoms with Gasteiger partial charge in [-0.15, -0.1) is 0 Å². The Bertz CT molecular complexity index is 932. The number of aryl methyl sites for hydroxylation is 2. The Labute approximate surface area is 167 Å². The molecule has 1 aromatic heterocycles. The molecule has 0 radical (unpaired) electrons. The molecule has 4 nitrogen and oxygen atoms in total. The average Bonchev–Trinajstić information content (AvgIpc) is 2.72. The summed E-state index contributed by atoms with van der Waals surface area (Å²) in [5, 5.41) is 2.55. The maximum absolute atomic E-state index is 6.08. The summed E-state index contributed by atoms with van der Waals surface area (Å²) in [6.45, 7) is 7.19. The van der Waals surface area contributed by atoms with Gasteiger partial charge in [0.1, 0.15) is 5.75 Å². The van der Waals surface area contributed by atoms with Crippen molar-refractivity contribution in [2.45, 2.75) is 19.8 Å². The number of rotatable bonds is 6. The molecule has 4 heteroatoms. The largest absolute Gasteiger partial charge is 0.494 e. The van der Waals surface area contributed by atoms with Crippen LogP contribution in [0.2, 0.25) is 0 Å². The van der Waals surface area contributed by atoms with Gasteiger partial charge in [-0.05, 0) is 62.0 Å². The minimum absolute atomic E-state index is 0.707. The molecule has 2 aromatic carbocycles. The van der Waals surface area contributed by atoms with Crippen molar-refractivity contribution in [3.8, 4) is 5.75 Å². The molecule has 0 spiro atoms. The fraction of sp³-hybridized carbons (Fsp3) is 0.375. The Morgan fingerprint density at radius 3 is 2.68 bits per heavy atom. The lowest BCUT2D eigenvalue weighted by Crippen LogP contribution is -2.44. The number of aromatic nitrogens is 1. The summed E-state index contributed by atoms with van der Waals surface area (Å²) in [5.74, 6) is 0.951. The molecule has 28 heavy (non-hydrogen) atoms. The highest BCUT2D eigenvalue weighted by Crippen LogP contribution is 2.30. The highest BCUT2D eigenvalue weighted by Gasteiger charge is 2.16. The lowest BCUT2D eigenvalue weighted by Gasteiger charge is -2.34. The van der Waals surface area contributed by atoms with Gasteiger partial charge >= 0.3 is 0 Å². The highest BCUT2D eigenvalue weighted by atomic mass is 16.5. The van der Waals surface area contributed by atoms with Crippen LogP contribution in [0.1, 0.15) is 17.7 Å². The third-order valence-corrected chi connectivity index (χ3v) is 5.62. The van der Waals surface area contributed by atoms with Gasteiger partial charge in [0.05, 0.1) is 6.61 Å². The molecule has 146 valence electrons. The molecule has 0 unspecified atom stereocenters. The van der Waals surface area contributed by atoms with Crippen LogP contribution in [0.15, 0.2) is 54.7 Å². The minimum Gasteiger partial charge on any atom is -0.494 e. The average molecular weight is 376 g/mol. The predicted octanol–water partition coefficient (Wildman–Crippen LogP) is 4.31. The molecule has 1 fully saturated rings. The second-order valence-electron chi connectivity index (χ2n) is 7.67. The van der Waals surface area contributed by atoms with Gasteiger partial charge in [0, 0.05) is 49.1 Å². The second kappa shape index (κ2) is 8.61. The fourth-order valence-electron chi connectivity index (χ4n) is 3.86. The first-order valence-corrected chi connectivity index (χ1v) is 10.2. The van der Waals surface area contributed by atoms with Gasteiger partial charge in [-0.25, -0.2) is 0 Å². The van der Waals surface area contributed by atoms with E-state index < -0.39 is 0 Å². The number of piperazine rings is 1. The van der Waals surface area contributed by atoms with Crippen molar-refractivity contribution < 1.29 is 4.74 Å². The summed E-state index contributed by atoms with van der Waals surface area (Å²) in [6.07, 6.45) is 3.79. The third-order valence-electron chi connectivity index (χ3n) is 5.62. The third kappa shape index (κ3) is 4.28. The molecular weight excluding hydrogens is 346 g/mol. The first kappa shape index (κ1) is 18.8. The molecule has 0 saturated carbocycles. The van der Waals surface area contributed by atoms with Crippen molar-refractivity contribution in [2.24, 2.45) is 0 Å². The summed E-state index contributed by atoms with van der Waals surface area (Å²) < 4.78 is 6.08. The maximum Gasteiger partial charge on any atom is 0.120 e. The summed E-state index contributed by atoms with van der Waals surface area (Å²) in [5.41, 5.74) is 3.74. The first-order valence-electron chi connectivity index (χ1n) is 10.2. The highest BCUT2D eigenvalue weighted by molar-refractivity contribution is 5.95. The zero-order valence-electron chi connectivity index (χ0n) is 16.9. The van der Waals surface area contributed by atoms with E-state index in [1.807, 2.05) is 12.3 Å². The topological polar surface area (TPSA) is 28.6 Å². The van der Waals surface area contributed by atoms with Gasteiger partial charge in [0.15, 0.2) is 0 Å².